The van der Waals surface area contributed by atoms with E-state index in [1.54, 1.807) is 5.38 Å². The van der Waals surface area contributed by atoms with Crippen molar-refractivity contribution < 1.29 is 24.6 Å². The number of amides is 1. The van der Waals surface area contributed by atoms with E-state index in [-0.39, 0.29) is 9.90 Å². The van der Waals surface area contributed by atoms with E-state index in [0.717, 1.165) is 11.3 Å². The zero-order chi connectivity index (χ0) is 13.0. The molecule has 0 aliphatic rings. The predicted molar refractivity (Wildman–Crippen MR) is 60.5 cm³/mol. The van der Waals surface area contributed by atoms with Crippen molar-refractivity contribution in [1.29, 1.82) is 0 Å². The van der Waals surface area contributed by atoms with E-state index < -0.39 is 30.3 Å². The molecule has 1 unspecified atom stereocenters. The Bertz CT molecular complexity index is 458. The molecule has 6 nitrogen and oxygen atoms in total. The number of thiophene rings is 1. The molecule has 0 saturated carbocycles. The average molecular weight is 278 g/mol. The van der Waals surface area contributed by atoms with Crippen LogP contribution in [0.5, 0.6) is 0 Å². The van der Waals surface area contributed by atoms with Crippen LogP contribution in [0.3, 0.4) is 0 Å². The third-order valence-electron chi connectivity index (χ3n) is 1.81. The van der Waals surface area contributed by atoms with Gasteiger partial charge in [-0.05, 0) is 11.4 Å². The molecule has 1 rings (SSSR count). The van der Waals surface area contributed by atoms with Crippen molar-refractivity contribution in [3.05, 3.63) is 21.3 Å². The van der Waals surface area contributed by atoms with Crippen LogP contribution < -0.4 is 5.32 Å². The molecule has 1 heterocycles. The Kier molecular flexibility index (Phi) is 4.47. The molecule has 1 amide bonds. The Labute approximate surface area is 105 Å². The van der Waals surface area contributed by atoms with Crippen molar-refractivity contribution in [2.24, 2.45) is 0 Å². The summed E-state index contributed by atoms with van der Waals surface area (Å²) >= 11 is 6.74. The molecule has 0 aliphatic heterocycles. The van der Waals surface area contributed by atoms with Gasteiger partial charge in [0.05, 0.1) is 11.4 Å². The zero-order valence-corrected chi connectivity index (χ0v) is 9.92. The molecule has 0 bridgehead atoms. The quantitative estimate of drug-likeness (QED) is 0.746. The topological polar surface area (TPSA) is 104 Å². The lowest BCUT2D eigenvalue weighted by Crippen LogP contribution is -2.42. The van der Waals surface area contributed by atoms with Crippen molar-refractivity contribution >= 4 is 40.8 Å². The standard InChI is InChI=1S/C9H8ClNO5S/c10-4-1-2-17-7(4)8(14)11-5(9(15)16)3-6(12)13/h1-2,5H,3H2,(H,11,14)(H,12,13)(H,15,16). The predicted octanol–water partition coefficient (Wildman–Crippen LogP) is 1.06. The van der Waals surface area contributed by atoms with Gasteiger partial charge in [-0.25, -0.2) is 4.79 Å². The highest BCUT2D eigenvalue weighted by atomic mass is 35.5. The number of carbonyl (C=O) groups is 3. The molecule has 0 radical (unpaired) electrons. The summed E-state index contributed by atoms with van der Waals surface area (Å²) in [6, 6.07) is 0.0202. The highest BCUT2D eigenvalue weighted by molar-refractivity contribution is 7.12. The molecule has 17 heavy (non-hydrogen) atoms. The Hall–Kier alpha value is -1.60. The normalized spacial score (nSPS) is 11.8. The first-order valence-corrected chi connectivity index (χ1v) is 5.66. The Morgan fingerprint density at radius 1 is 1.41 bits per heavy atom. The van der Waals surface area contributed by atoms with Crippen molar-refractivity contribution in [2.75, 3.05) is 0 Å². The number of hydrogen-bond donors (Lipinski definition) is 3. The van der Waals surface area contributed by atoms with Gasteiger partial charge < -0.3 is 15.5 Å². The summed E-state index contributed by atoms with van der Waals surface area (Å²) < 4.78 is 0. The van der Waals surface area contributed by atoms with Gasteiger partial charge in [0, 0.05) is 0 Å². The van der Waals surface area contributed by atoms with Crippen molar-refractivity contribution in [3.63, 3.8) is 0 Å². The molecule has 0 spiro atoms. The fraction of sp³-hybridized carbons (Fsp3) is 0.222. The van der Waals surface area contributed by atoms with E-state index in [0.29, 0.717) is 0 Å². The van der Waals surface area contributed by atoms with Gasteiger partial charge >= 0.3 is 11.9 Å². The fourth-order valence-corrected chi connectivity index (χ4v) is 2.10. The molecule has 1 aromatic heterocycles. The smallest absolute Gasteiger partial charge is 0.326 e. The number of hydrogen-bond acceptors (Lipinski definition) is 4. The Balaban J connectivity index is 2.74. The molecule has 0 saturated heterocycles. The average Bonchev–Trinajstić information content (AvgIpc) is 2.62. The Morgan fingerprint density at radius 2 is 2.06 bits per heavy atom. The van der Waals surface area contributed by atoms with Crippen LogP contribution in [0.1, 0.15) is 16.1 Å². The van der Waals surface area contributed by atoms with E-state index in [2.05, 4.69) is 5.32 Å². The molecule has 92 valence electrons. The summed E-state index contributed by atoms with van der Waals surface area (Å²) in [7, 11) is 0. The van der Waals surface area contributed by atoms with E-state index in [4.69, 9.17) is 21.8 Å². The van der Waals surface area contributed by atoms with Crippen LogP contribution in [0.15, 0.2) is 11.4 Å². The Morgan fingerprint density at radius 3 is 2.47 bits per heavy atom. The molecule has 8 heteroatoms. The molecular weight excluding hydrogens is 270 g/mol. The third-order valence-corrected chi connectivity index (χ3v) is 3.15. The number of carbonyl (C=O) groups excluding carboxylic acids is 1. The minimum atomic E-state index is -1.47. The second-order valence-electron chi connectivity index (χ2n) is 3.06. The number of aliphatic carboxylic acids is 2. The fourth-order valence-electron chi connectivity index (χ4n) is 1.05. The monoisotopic (exact) mass is 277 g/mol. The highest BCUT2D eigenvalue weighted by Gasteiger charge is 2.24. The van der Waals surface area contributed by atoms with Crippen LogP contribution in [0.2, 0.25) is 5.02 Å². The van der Waals surface area contributed by atoms with E-state index >= 15 is 0 Å². The molecule has 0 fully saturated rings. The van der Waals surface area contributed by atoms with E-state index in [1.807, 2.05) is 0 Å². The van der Waals surface area contributed by atoms with Crippen LogP contribution in [0.4, 0.5) is 0 Å². The molecule has 1 aromatic rings. The number of nitrogens with one attached hydrogen (secondary N) is 1. The van der Waals surface area contributed by atoms with E-state index in [1.165, 1.54) is 6.07 Å². The minimum absolute atomic E-state index is 0.156. The first kappa shape index (κ1) is 13.5. The summed E-state index contributed by atoms with van der Waals surface area (Å²) in [4.78, 5) is 32.9. The maximum Gasteiger partial charge on any atom is 0.326 e. The van der Waals surface area contributed by atoms with Gasteiger partial charge in [0.25, 0.3) is 5.91 Å². The molecular formula is C9H8ClNO5S. The lowest BCUT2D eigenvalue weighted by atomic mass is 10.2. The molecule has 0 aliphatic carbocycles. The first-order valence-electron chi connectivity index (χ1n) is 4.40. The largest absolute Gasteiger partial charge is 0.481 e. The summed E-state index contributed by atoms with van der Waals surface area (Å²) in [6.45, 7) is 0. The second-order valence-corrected chi connectivity index (χ2v) is 4.38. The van der Waals surface area contributed by atoms with Crippen LogP contribution in [-0.2, 0) is 9.59 Å². The number of carboxylic acid groups (broad SMARTS) is 2. The van der Waals surface area contributed by atoms with Gasteiger partial charge in [-0.3, -0.25) is 9.59 Å². The van der Waals surface area contributed by atoms with Gasteiger partial charge in [-0.2, -0.15) is 0 Å². The maximum absolute atomic E-state index is 11.6. The van der Waals surface area contributed by atoms with Gasteiger partial charge in [-0.15, -0.1) is 11.3 Å². The number of carboxylic acids is 2. The summed E-state index contributed by atoms with van der Waals surface area (Å²) in [5.41, 5.74) is 0. The molecule has 3 N–H and O–H groups in total. The SMILES string of the molecule is O=C(O)CC(NC(=O)c1sccc1Cl)C(=O)O. The van der Waals surface area contributed by atoms with E-state index in [9.17, 15) is 14.4 Å². The van der Waals surface area contributed by atoms with Crippen molar-refractivity contribution in [2.45, 2.75) is 12.5 Å². The van der Waals surface area contributed by atoms with Crippen LogP contribution >= 0.6 is 22.9 Å². The van der Waals surface area contributed by atoms with Crippen LogP contribution in [0.25, 0.3) is 0 Å². The zero-order valence-electron chi connectivity index (χ0n) is 8.34. The maximum atomic E-state index is 11.6. The first-order chi connectivity index (χ1) is 7.91. The van der Waals surface area contributed by atoms with Crippen LogP contribution in [0, 0.1) is 0 Å². The molecule has 1 atom stereocenters. The van der Waals surface area contributed by atoms with Crippen molar-refractivity contribution in [3.8, 4) is 0 Å². The van der Waals surface area contributed by atoms with Gasteiger partial charge in [0.15, 0.2) is 0 Å². The lowest BCUT2D eigenvalue weighted by molar-refractivity contribution is -0.145. The second kappa shape index (κ2) is 5.65. The van der Waals surface area contributed by atoms with Gasteiger partial charge in [-0.1, -0.05) is 11.6 Å². The third kappa shape index (κ3) is 3.72. The van der Waals surface area contributed by atoms with Crippen molar-refractivity contribution in [1.82, 2.24) is 5.32 Å². The summed E-state index contributed by atoms with van der Waals surface area (Å²) in [6.07, 6.45) is -0.690. The van der Waals surface area contributed by atoms with Gasteiger partial charge in [0.1, 0.15) is 10.9 Å². The van der Waals surface area contributed by atoms with Crippen LogP contribution in [-0.4, -0.2) is 34.1 Å². The molecule has 0 aromatic carbocycles. The lowest BCUT2D eigenvalue weighted by Gasteiger charge is -2.11. The number of rotatable bonds is 5. The summed E-state index contributed by atoms with van der Waals surface area (Å²) in [5, 5.41) is 21.1. The minimum Gasteiger partial charge on any atom is -0.481 e. The number of halogens is 1. The highest BCUT2D eigenvalue weighted by Crippen LogP contribution is 2.21. The van der Waals surface area contributed by atoms with Gasteiger partial charge in [0.2, 0.25) is 0 Å². The summed E-state index contributed by atoms with van der Waals surface area (Å²) in [5.74, 6) is -3.41.